The molecule has 3 nitrogen and oxygen atoms in total. The third-order valence-corrected chi connectivity index (χ3v) is 2.24. The highest BCUT2D eigenvalue weighted by Crippen LogP contribution is 2.19. The minimum absolute atomic E-state index is 0.158. The summed E-state index contributed by atoms with van der Waals surface area (Å²) in [5.41, 5.74) is 5.55. The fraction of sp³-hybridized carbons (Fsp3) is 0.375. The lowest BCUT2D eigenvalue weighted by molar-refractivity contribution is 0.0931. The Bertz CT molecular complexity index is 282. The van der Waals surface area contributed by atoms with Crippen LogP contribution in [0.2, 0.25) is 0 Å². The highest BCUT2D eigenvalue weighted by Gasteiger charge is 2.19. The van der Waals surface area contributed by atoms with Crippen LogP contribution in [0, 0.1) is 0 Å². The van der Waals surface area contributed by atoms with E-state index in [0.29, 0.717) is 16.7 Å². The molecule has 0 saturated heterocycles. The lowest BCUT2D eigenvalue weighted by atomic mass is 10.1. The van der Waals surface area contributed by atoms with Crippen molar-refractivity contribution in [1.82, 2.24) is 0 Å². The van der Waals surface area contributed by atoms with Crippen LogP contribution >= 0.6 is 15.9 Å². The Morgan fingerprint density at radius 3 is 2.92 bits per heavy atom. The Kier molecular flexibility index (Phi) is 3.05. The fourth-order valence-corrected chi connectivity index (χ4v) is 1.22. The Hall–Kier alpha value is -0.610. The third-order valence-electron chi connectivity index (χ3n) is 1.62. The van der Waals surface area contributed by atoms with Gasteiger partial charge in [-0.3, -0.25) is 4.79 Å². The molecule has 1 atom stereocenters. The molecule has 0 radical (unpaired) electrons. The summed E-state index contributed by atoms with van der Waals surface area (Å²) in [4.78, 5) is 11.4. The van der Waals surface area contributed by atoms with Gasteiger partial charge in [0.15, 0.2) is 5.76 Å². The molecule has 0 amide bonds. The maximum absolute atomic E-state index is 11.4. The van der Waals surface area contributed by atoms with Crippen LogP contribution in [0.25, 0.3) is 0 Å². The molecule has 0 bridgehead atoms. The summed E-state index contributed by atoms with van der Waals surface area (Å²) in [7, 11) is 0. The molecule has 0 saturated carbocycles. The van der Waals surface area contributed by atoms with E-state index in [0.717, 1.165) is 0 Å². The minimum Gasteiger partial charge on any atom is -0.460 e. The average molecular weight is 232 g/mol. The second kappa shape index (κ2) is 3.87. The number of halogens is 1. The SMILES string of the molecule is CCC(N)C(=O)c1occc1Br. The van der Waals surface area contributed by atoms with Crippen LogP contribution < -0.4 is 5.73 Å². The topological polar surface area (TPSA) is 56.2 Å². The number of carbonyl (C=O) groups is 1. The van der Waals surface area contributed by atoms with Crippen LogP contribution in [-0.2, 0) is 0 Å². The number of rotatable bonds is 3. The van der Waals surface area contributed by atoms with Crippen molar-refractivity contribution in [2.24, 2.45) is 5.73 Å². The van der Waals surface area contributed by atoms with Crippen molar-refractivity contribution in [1.29, 1.82) is 0 Å². The van der Waals surface area contributed by atoms with Gasteiger partial charge < -0.3 is 10.2 Å². The second-order valence-electron chi connectivity index (χ2n) is 2.48. The van der Waals surface area contributed by atoms with Gasteiger partial charge in [0.25, 0.3) is 0 Å². The summed E-state index contributed by atoms with van der Waals surface area (Å²) >= 11 is 3.19. The molecule has 0 aliphatic heterocycles. The van der Waals surface area contributed by atoms with E-state index in [1.165, 1.54) is 6.26 Å². The van der Waals surface area contributed by atoms with Gasteiger partial charge in [0.1, 0.15) is 0 Å². The first kappa shape index (κ1) is 9.48. The maximum atomic E-state index is 11.4. The summed E-state index contributed by atoms with van der Waals surface area (Å²) in [6.45, 7) is 1.86. The largest absolute Gasteiger partial charge is 0.460 e. The predicted octanol–water partition coefficient (Wildman–Crippen LogP) is 1.96. The smallest absolute Gasteiger partial charge is 0.215 e. The molecule has 1 aromatic heterocycles. The molecular weight excluding hydrogens is 222 g/mol. The zero-order valence-corrected chi connectivity index (χ0v) is 8.30. The maximum Gasteiger partial charge on any atom is 0.215 e. The van der Waals surface area contributed by atoms with Crippen molar-refractivity contribution in [3.8, 4) is 0 Å². The van der Waals surface area contributed by atoms with Crippen molar-refractivity contribution in [3.05, 3.63) is 22.6 Å². The first-order chi connectivity index (χ1) is 5.66. The molecule has 1 heterocycles. The summed E-state index contributed by atoms with van der Waals surface area (Å²) in [6.07, 6.45) is 2.08. The van der Waals surface area contributed by atoms with Gasteiger partial charge in [-0.1, -0.05) is 6.92 Å². The van der Waals surface area contributed by atoms with E-state index in [2.05, 4.69) is 15.9 Å². The van der Waals surface area contributed by atoms with Crippen LogP contribution in [-0.4, -0.2) is 11.8 Å². The Labute approximate surface area is 79.1 Å². The number of ketones is 1. The molecule has 4 heteroatoms. The van der Waals surface area contributed by atoms with E-state index < -0.39 is 6.04 Å². The number of Topliss-reactive ketones (excluding diaryl/α,β-unsaturated/α-hetero) is 1. The summed E-state index contributed by atoms with van der Waals surface area (Å²) in [5.74, 6) is 0.152. The fourth-order valence-electron chi connectivity index (χ4n) is 0.823. The van der Waals surface area contributed by atoms with E-state index in [1.807, 2.05) is 6.92 Å². The van der Waals surface area contributed by atoms with Crippen molar-refractivity contribution in [2.75, 3.05) is 0 Å². The molecule has 0 aromatic carbocycles. The predicted molar refractivity (Wildman–Crippen MR) is 49.0 cm³/mol. The molecule has 0 aliphatic rings. The summed E-state index contributed by atoms with van der Waals surface area (Å²) in [5, 5.41) is 0. The standard InChI is InChI=1S/C8H10BrNO2/c1-2-6(10)7(11)8-5(9)3-4-12-8/h3-4,6H,2,10H2,1H3. The third kappa shape index (κ3) is 1.76. The zero-order valence-electron chi connectivity index (χ0n) is 6.71. The summed E-state index contributed by atoms with van der Waals surface area (Å²) < 4.78 is 5.64. The molecule has 0 spiro atoms. The lowest BCUT2D eigenvalue weighted by Gasteiger charge is -2.04. The lowest BCUT2D eigenvalue weighted by Crippen LogP contribution is -2.29. The Morgan fingerprint density at radius 2 is 2.50 bits per heavy atom. The van der Waals surface area contributed by atoms with Crippen molar-refractivity contribution in [2.45, 2.75) is 19.4 Å². The van der Waals surface area contributed by atoms with E-state index in [1.54, 1.807) is 6.07 Å². The number of carbonyl (C=O) groups excluding carboxylic acids is 1. The number of furan rings is 1. The van der Waals surface area contributed by atoms with Gasteiger partial charge in [0, 0.05) is 0 Å². The number of hydrogen-bond donors (Lipinski definition) is 1. The molecular formula is C8H10BrNO2. The normalized spacial score (nSPS) is 12.9. The monoisotopic (exact) mass is 231 g/mol. The zero-order chi connectivity index (χ0) is 9.14. The van der Waals surface area contributed by atoms with E-state index in [9.17, 15) is 4.79 Å². The highest BCUT2D eigenvalue weighted by atomic mass is 79.9. The first-order valence-corrected chi connectivity index (χ1v) is 4.49. The molecule has 2 N–H and O–H groups in total. The molecule has 0 fully saturated rings. The van der Waals surface area contributed by atoms with Gasteiger partial charge in [-0.2, -0.15) is 0 Å². The highest BCUT2D eigenvalue weighted by molar-refractivity contribution is 9.10. The molecule has 1 unspecified atom stereocenters. The number of nitrogens with two attached hydrogens (primary N) is 1. The Morgan fingerprint density at radius 1 is 1.83 bits per heavy atom. The van der Waals surface area contributed by atoms with Crippen molar-refractivity contribution >= 4 is 21.7 Å². The van der Waals surface area contributed by atoms with Gasteiger partial charge in [-0.05, 0) is 28.4 Å². The Balaban J connectivity index is 2.85. The molecule has 12 heavy (non-hydrogen) atoms. The molecule has 66 valence electrons. The molecule has 0 aliphatic carbocycles. The molecule has 1 aromatic rings. The van der Waals surface area contributed by atoms with Crippen molar-refractivity contribution in [3.63, 3.8) is 0 Å². The number of hydrogen-bond acceptors (Lipinski definition) is 3. The van der Waals surface area contributed by atoms with Gasteiger partial charge in [0.2, 0.25) is 5.78 Å². The van der Waals surface area contributed by atoms with E-state index in [4.69, 9.17) is 10.2 Å². The first-order valence-electron chi connectivity index (χ1n) is 3.69. The van der Waals surface area contributed by atoms with E-state index >= 15 is 0 Å². The van der Waals surface area contributed by atoms with Gasteiger partial charge >= 0.3 is 0 Å². The van der Waals surface area contributed by atoms with Crippen LogP contribution in [0.1, 0.15) is 23.9 Å². The second-order valence-corrected chi connectivity index (χ2v) is 3.33. The van der Waals surface area contributed by atoms with Crippen LogP contribution in [0.5, 0.6) is 0 Å². The van der Waals surface area contributed by atoms with Crippen LogP contribution in [0.15, 0.2) is 21.2 Å². The van der Waals surface area contributed by atoms with Crippen LogP contribution in [0.3, 0.4) is 0 Å². The average Bonchev–Trinajstić information content (AvgIpc) is 2.48. The van der Waals surface area contributed by atoms with Gasteiger partial charge in [-0.25, -0.2) is 0 Å². The minimum atomic E-state index is -0.465. The summed E-state index contributed by atoms with van der Waals surface area (Å²) in [6, 6.07) is 1.21. The van der Waals surface area contributed by atoms with Crippen LogP contribution in [0.4, 0.5) is 0 Å². The molecule has 1 rings (SSSR count). The van der Waals surface area contributed by atoms with E-state index in [-0.39, 0.29) is 5.78 Å². The van der Waals surface area contributed by atoms with Crippen molar-refractivity contribution < 1.29 is 9.21 Å². The van der Waals surface area contributed by atoms with Gasteiger partial charge in [0.05, 0.1) is 16.8 Å². The van der Waals surface area contributed by atoms with Gasteiger partial charge in [-0.15, -0.1) is 0 Å². The quantitative estimate of drug-likeness (QED) is 0.810.